The van der Waals surface area contributed by atoms with Crippen molar-refractivity contribution in [3.63, 3.8) is 0 Å². The van der Waals surface area contributed by atoms with Crippen LogP contribution in [0.5, 0.6) is 5.75 Å². The van der Waals surface area contributed by atoms with Crippen LogP contribution in [-0.2, 0) is 16.1 Å². The van der Waals surface area contributed by atoms with Crippen molar-refractivity contribution in [2.24, 2.45) is 0 Å². The van der Waals surface area contributed by atoms with Crippen LogP contribution in [0.25, 0.3) is 5.65 Å². The number of hydrogen-bond acceptors (Lipinski definition) is 6. The second-order valence-corrected chi connectivity index (χ2v) is 7.34. The number of para-hydroxylation sites is 2. The van der Waals surface area contributed by atoms with Crippen LogP contribution in [0.4, 0.5) is 10.1 Å². The molecule has 1 N–H and O–H groups in total. The molecule has 1 amide bonds. The van der Waals surface area contributed by atoms with Crippen molar-refractivity contribution in [3.05, 3.63) is 106 Å². The number of fused-ring (bicyclic) bond motifs is 1. The van der Waals surface area contributed by atoms with Crippen molar-refractivity contribution in [2.75, 3.05) is 11.9 Å². The number of esters is 1. The quantitative estimate of drug-likeness (QED) is 0.423. The van der Waals surface area contributed by atoms with E-state index >= 15 is 0 Å². The first-order chi connectivity index (χ1) is 16.4. The van der Waals surface area contributed by atoms with Gasteiger partial charge < -0.3 is 14.8 Å². The van der Waals surface area contributed by atoms with Gasteiger partial charge in [-0.1, -0.05) is 30.3 Å². The molecule has 0 bridgehead atoms. The van der Waals surface area contributed by atoms with E-state index in [0.717, 1.165) is 5.69 Å². The van der Waals surface area contributed by atoms with Crippen LogP contribution in [0.3, 0.4) is 0 Å². The normalized spacial score (nSPS) is 10.6. The van der Waals surface area contributed by atoms with E-state index in [4.69, 9.17) is 9.47 Å². The summed E-state index contributed by atoms with van der Waals surface area (Å²) in [6.07, 6.45) is 0. The summed E-state index contributed by atoms with van der Waals surface area (Å²) in [5.74, 6) is -1.75. The number of halogens is 1. The first kappa shape index (κ1) is 22.7. The predicted octanol–water partition coefficient (Wildman–Crippen LogP) is 3.52. The molecule has 0 fully saturated rings. The Morgan fingerprint density at radius 2 is 1.79 bits per heavy atom. The van der Waals surface area contributed by atoms with E-state index in [1.807, 2.05) is 0 Å². The second-order valence-electron chi connectivity index (χ2n) is 7.34. The Kier molecular flexibility index (Phi) is 6.63. The van der Waals surface area contributed by atoms with E-state index in [2.05, 4.69) is 10.3 Å². The summed E-state index contributed by atoms with van der Waals surface area (Å²) >= 11 is 0. The van der Waals surface area contributed by atoms with E-state index in [9.17, 15) is 18.8 Å². The van der Waals surface area contributed by atoms with Crippen LogP contribution >= 0.6 is 0 Å². The lowest BCUT2D eigenvalue weighted by atomic mass is 10.2. The average molecular weight is 461 g/mol. The number of aryl methyl sites for hydroxylation is 1. The number of carbonyl (C=O) groups excluding carboxylic acids is 2. The van der Waals surface area contributed by atoms with Crippen molar-refractivity contribution in [1.82, 2.24) is 9.38 Å². The zero-order valence-electron chi connectivity index (χ0n) is 18.2. The Bertz CT molecular complexity index is 1430. The monoisotopic (exact) mass is 461 g/mol. The number of amides is 1. The standard InChI is InChI=1S/C25H20FN3O5/c1-16-7-6-12-22-27-17(13-24(31)29(16)22)14-34-25(32)18-8-2-5-11-21(18)33-15-23(30)28-20-10-4-3-9-19(20)26/h2-13H,14-15H2,1H3,(H,28,30). The molecule has 0 saturated heterocycles. The minimum Gasteiger partial charge on any atom is -0.483 e. The molecule has 9 heteroatoms. The van der Waals surface area contributed by atoms with Gasteiger partial charge >= 0.3 is 5.97 Å². The smallest absolute Gasteiger partial charge is 0.342 e. The first-order valence-corrected chi connectivity index (χ1v) is 10.3. The third-order valence-corrected chi connectivity index (χ3v) is 4.90. The number of benzene rings is 2. The van der Waals surface area contributed by atoms with Gasteiger partial charge in [0.1, 0.15) is 29.4 Å². The zero-order valence-corrected chi connectivity index (χ0v) is 18.2. The highest BCUT2D eigenvalue weighted by Crippen LogP contribution is 2.20. The number of hydrogen-bond donors (Lipinski definition) is 1. The predicted molar refractivity (Wildman–Crippen MR) is 122 cm³/mol. The number of ether oxygens (including phenoxy) is 2. The fourth-order valence-corrected chi connectivity index (χ4v) is 3.31. The van der Waals surface area contributed by atoms with Gasteiger partial charge in [0.2, 0.25) is 0 Å². The summed E-state index contributed by atoms with van der Waals surface area (Å²) < 4.78 is 26.0. The van der Waals surface area contributed by atoms with Gasteiger partial charge in [-0.3, -0.25) is 14.0 Å². The van der Waals surface area contributed by atoms with Crippen molar-refractivity contribution in [2.45, 2.75) is 13.5 Å². The molecule has 0 atom stereocenters. The van der Waals surface area contributed by atoms with Crippen LogP contribution in [0.15, 0.2) is 77.6 Å². The number of nitrogens with zero attached hydrogens (tertiary/aromatic N) is 2. The minimum absolute atomic E-state index is 0.0257. The Hall–Kier alpha value is -4.53. The number of carbonyl (C=O) groups is 2. The molecule has 4 aromatic rings. The van der Waals surface area contributed by atoms with Gasteiger partial charge in [0.15, 0.2) is 6.61 Å². The molecule has 2 heterocycles. The molecule has 0 radical (unpaired) electrons. The number of pyridine rings is 1. The number of aromatic nitrogens is 2. The third-order valence-electron chi connectivity index (χ3n) is 4.90. The van der Waals surface area contributed by atoms with E-state index in [0.29, 0.717) is 11.3 Å². The van der Waals surface area contributed by atoms with Gasteiger partial charge in [-0.05, 0) is 43.3 Å². The first-order valence-electron chi connectivity index (χ1n) is 10.3. The van der Waals surface area contributed by atoms with Gasteiger partial charge in [-0.25, -0.2) is 14.2 Å². The summed E-state index contributed by atoms with van der Waals surface area (Å²) in [7, 11) is 0. The molecule has 8 nitrogen and oxygen atoms in total. The summed E-state index contributed by atoms with van der Waals surface area (Å²) in [6, 6.07) is 18.6. The summed E-state index contributed by atoms with van der Waals surface area (Å²) in [4.78, 5) is 41.5. The highest BCUT2D eigenvalue weighted by molar-refractivity contribution is 5.94. The van der Waals surface area contributed by atoms with E-state index in [1.165, 1.54) is 40.8 Å². The van der Waals surface area contributed by atoms with Crippen molar-refractivity contribution >= 4 is 23.2 Å². The van der Waals surface area contributed by atoms with E-state index in [-0.39, 0.29) is 29.2 Å². The Morgan fingerprint density at radius 3 is 2.62 bits per heavy atom. The molecule has 2 aromatic carbocycles. The molecule has 34 heavy (non-hydrogen) atoms. The van der Waals surface area contributed by atoms with E-state index < -0.39 is 24.3 Å². The van der Waals surface area contributed by atoms with Crippen molar-refractivity contribution in [1.29, 1.82) is 0 Å². The molecule has 4 rings (SSSR count). The molecular weight excluding hydrogens is 441 g/mol. The van der Waals surface area contributed by atoms with Gasteiger partial charge in [-0.2, -0.15) is 0 Å². The fourth-order valence-electron chi connectivity index (χ4n) is 3.31. The Labute approximate surface area is 193 Å². The second kappa shape index (κ2) is 9.95. The lowest BCUT2D eigenvalue weighted by Gasteiger charge is -2.12. The Balaban J connectivity index is 1.42. The van der Waals surface area contributed by atoms with Gasteiger partial charge in [-0.15, -0.1) is 0 Å². The molecular formula is C25H20FN3O5. The van der Waals surface area contributed by atoms with Crippen molar-refractivity contribution < 1.29 is 23.5 Å². The average Bonchev–Trinajstić information content (AvgIpc) is 2.83. The third kappa shape index (κ3) is 5.09. The van der Waals surface area contributed by atoms with Gasteiger partial charge in [0.05, 0.1) is 11.4 Å². The maximum Gasteiger partial charge on any atom is 0.342 e. The molecule has 0 aliphatic rings. The maximum atomic E-state index is 13.7. The van der Waals surface area contributed by atoms with Crippen LogP contribution < -0.4 is 15.6 Å². The minimum atomic E-state index is -0.712. The van der Waals surface area contributed by atoms with Crippen LogP contribution in [0.1, 0.15) is 21.7 Å². The summed E-state index contributed by atoms with van der Waals surface area (Å²) in [5.41, 5.74) is 1.32. The van der Waals surface area contributed by atoms with E-state index in [1.54, 1.807) is 43.3 Å². The molecule has 0 aliphatic carbocycles. The topological polar surface area (TPSA) is 99.0 Å². The molecule has 0 saturated carbocycles. The number of nitrogens with one attached hydrogen (secondary N) is 1. The maximum absolute atomic E-state index is 13.7. The lowest BCUT2D eigenvalue weighted by molar-refractivity contribution is -0.118. The van der Waals surface area contributed by atoms with Gasteiger partial charge in [0, 0.05) is 11.8 Å². The number of anilines is 1. The van der Waals surface area contributed by atoms with Gasteiger partial charge in [0.25, 0.3) is 11.5 Å². The fraction of sp³-hybridized carbons (Fsp3) is 0.120. The van der Waals surface area contributed by atoms with Crippen molar-refractivity contribution in [3.8, 4) is 5.75 Å². The SMILES string of the molecule is Cc1cccc2nc(COC(=O)c3ccccc3OCC(=O)Nc3ccccc3F)cc(=O)n12. The molecule has 0 spiro atoms. The van der Waals surface area contributed by atoms with Crippen LogP contribution in [-0.4, -0.2) is 27.9 Å². The largest absolute Gasteiger partial charge is 0.483 e. The Morgan fingerprint density at radius 1 is 1.03 bits per heavy atom. The summed E-state index contributed by atoms with van der Waals surface area (Å²) in [5, 5.41) is 2.40. The van der Waals surface area contributed by atoms with Crippen LogP contribution in [0, 0.1) is 12.7 Å². The molecule has 2 aromatic heterocycles. The highest BCUT2D eigenvalue weighted by Gasteiger charge is 2.16. The number of rotatable bonds is 7. The molecule has 0 unspecified atom stereocenters. The van der Waals surface area contributed by atoms with Crippen LogP contribution in [0.2, 0.25) is 0 Å². The zero-order chi connectivity index (χ0) is 24.1. The molecule has 0 aliphatic heterocycles. The molecule has 172 valence electrons. The highest BCUT2D eigenvalue weighted by atomic mass is 19.1. The lowest BCUT2D eigenvalue weighted by Crippen LogP contribution is -2.21. The summed E-state index contributed by atoms with van der Waals surface area (Å²) in [6.45, 7) is 1.13.